The lowest BCUT2D eigenvalue weighted by Gasteiger charge is -2.25. The maximum atomic E-state index is 6.68. The first-order chi connectivity index (χ1) is 25.8. The quantitative estimate of drug-likeness (QED) is 0.180. The number of rotatable bonds is 5. The highest BCUT2D eigenvalue weighted by atomic mass is 32.1. The van der Waals surface area contributed by atoms with Gasteiger partial charge in [-0.05, 0) is 84.4 Å². The van der Waals surface area contributed by atoms with E-state index in [0.717, 1.165) is 55.7 Å². The summed E-state index contributed by atoms with van der Waals surface area (Å²) in [5, 5.41) is 7.32. The Hall–Kier alpha value is -6.62. The van der Waals surface area contributed by atoms with Crippen LogP contribution in [0.15, 0.2) is 186 Å². The molecule has 11 aromatic rings. The molecule has 0 saturated carbocycles. The maximum Gasteiger partial charge on any atom is 0.138 e. The van der Waals surface area contributed by atoms with Gasteiger partial charge in [0.25, 0.3) is 0 Å². The minimum absolute atomic E-state index is 0.888. The molecule has 244 valence electrons. The van der Waals surface area contributed by atoms with Crippen LogP contribution in [0, 0.1) is 0 Å². The summed E-state index contributed by atoms with van der Waals surface area (Å²) >= 11 is 1.86. The fraction of sp³-hybridized carbons (Fsp3) is 0. The van der Waals surface area contributed by atoms with Gasteiger partial charge in [-0.25, -0.2) is 0 Å². The Bertz CT molecular complexity index is 3080. The van der Waals surface area contributed by atoms with E-state index in [4.69, 9.17) is 4.42 Å². The number of aromatic nitrogens is 1. The molecule has 3 nitrogen and oxygen atoms in total. The molecule has 0 aliphatic heterocycles. The number of para-hydroxylation sites is 4. The SMILES string of the molecule is c1ccc(N(c2ccccc2)c2ccc(-n3c4ccccc4c4c(-c5ccc6sc7ccccc7c6c5)c5c(cc43)oc3ccccc35)cc2)cc1. The molecule has 0 radical (unpaired) electrons. The molecular weight excluding hydrogens is 653 g/mol. The number of thiophene rings is 1. The number of nitrogens with zero attached hydrogens (tertiary/aromatic N) is 2. The van der Waals surface area contributed by atoms with Crippen molar-refractivity contribution in [2.75, 3.05) is 4.90 Å². The van der Waals surface area contributed by atoms with Crippen LogP contribution in [0.3, 0.4) is 0 Å². The lowest BCUT2D eigenvalue weighted by atomic mass is 9.93. The lowest BCUT2D eigenvalue weighted by molar-refractivity contribution is 0.669. The maximum absolute atomic E-state index is 6.68. The van der Waals surface area contributed by atoms with Crippen molar-refractivity contribution in [3.63, 3.8) is 0 Å². The smallest absolute Gasteiger partial charge is 0.138 e. The van der Waals surface area contributed by atoms with E-state index in [1.54, 1.807) is 0 Å². The third-order valence-electron chi connectivity index (χ3n) is 10.4. The Labute approximate surface area is 303 Å². The summed E-state index contributed by atoms with van der Waals surface area (Å²) in [4.78, 5) is 2.30. The van der Waals surface area contributed by atoms with Gasteiger partial charge in [-0.2, -0.15) is 0 Å². The van der Waals surface area contributed by atoms with Crippen LogP contribution in [0.5, 0.6) is 0 Å². The van der Waals surface area contributed by atoms with Crippen molar-refractivity contribution in [1.82, 2.24) is 4.57 Å². The van der Waals surface area contributed by atoms with Crippen molar-refractivity contribution < 1.29 is 4.42 Å². The standard InChI is InChI=1S/C48H30N2OS/c1-3-13-32(14-4-1)49(33-15-5-2-6-16-33)34-24-26-35(27-25-34)50-40-20-10-7-18-37(40)47-41(50)30-43-48(38-19-8-11-21-42(38)51-43)46(47)31-23-28-45-39(29-31)36-17-9-12-22-44(36)52-45/h1-30H. The first kappa shape index (κ1) is 29.1. The van der Waals surface area contributed by atoms with E-state index in [1.165, 1.54) is 42.1 Å². The second-order valence-electron chi connectivity index (χ2n) is 13.3. The van der Waals surface area contributed by atoms with E-state index in [-0.39, 0.29) is 0 Å². The molecule has 0 amide bonds. The molecule has 0 saturated heterocycles. The highest BCUT2D eigenvalue weighted by molar-refractivity contribution is 7.25. The molecule has 52 heavy (non-hydrogen) atoms. The summed E-state index contributed by atoms with van der Waals surface area (Å²) in [7, 11) is 0. The molecule has 0 aliphatic carbocycles. The van der Waals surface area contributed by atoms with E-state index in [2.05, 4.69) is 191 Å². The molecule has 0 bridgehead atoms. The van der Waals surface area contributed by atoms with E-state index >= 15 is 0 Å². The molecule has 4 heteroatoms. The van der Waals surface area contributed by atoms with Crippen LogP contribution in [0.2, 0.25) is 0 Å². The van der Waals surface area contributed by atoms with Gasteiger partial charge >= 0.3 is 0 Å². The monoisotopic (exact) mass is 682 g/mol. The molecule has 8 aromatic carbocycles. The van der Waals surface area contributed by atoms with Crippen molar-refractivity contribution in [3.8, 4) is 16.8 Å². The zero-order valence-electron chi connectivity index (χ0n) is 28.0. The number of hydrogen-bond donors (Lipinski definition) is 0. The minimum Gasteiger partial charge on any atom is -0.456 e. The third kappa shape index (κ3) is 4.38. The van der Waals surface area contributed by atoms with Gasteiger partial charge in [0.1, 0.15) is 11.2 Å². The fourth-order valence-electron chi connectivity index (χ4n) is 8.13. The minimum atomic E-state index is 0.888. The first-order valence-electron chi connectivity index (χ1n) is 17.6. The van der Waals surface area contributed by atoms with Gasteiger partial charge in [0, 0.05) is 76.1 Å². The van der Waals surface area contributed by atoms with E-state index in [0.29, 0.717) is 0 Å². The van der Waals surface area contributed by atoms with Crippen molar-refractivity contribution in [2.45, 2.75) is 0 Å². The van der Waals surface area contributed by atoms with Crippen LogP contribution in [-0.2, 0) is 0 Å². The summed E-state index contributed by atoms with van der Waals surface area (Å²) in [6, 6.07) is 65.3. The summed E-state index contributed by atoms with van der Waals surface area (Å²) in [6.45, 7) is 0. The Kier molecular flexibility index (Phi) is 6.42. The molecular formula is C48H30N2OS. The Morgan fingerprint density at radius 3 is 1.81 bits per heavy atom. The molecule has 3 heterocycles. The van der Waals surface area contributed by atoms with Gasteiger partial charge in [-0.3, -0.25) is 0 Å². The van der Waals surface area contributed by atoms with Crippen molar-refractivity contribution in [3.05, 3.63) is 182 Å². The molecule has 0 aliphatic rings. The zero-order chi connectivity index (χ0) is 34.2. The molecule has 0 spiro atoms. The normalized spacial score (nSPS) is 11.8. The highest BCUT2D eigenvalue weighted by Crippen LogP contribution is 2.48. The predicted molar refractivity (Wildman–Crippen MR) is 221 cm³/mol. The number of anilines is 3. The Balaban J connectivity index is 1.19. The number of benzene rings is 8. The molecule has 0 fully saturated rings. The molecule has 0 N–H and O–H groups in total. The van der Waals surface area contributed by atoms with Crippen LogP contribution < -0.4 is 4.90 Å². The summed E-state index contributed by atoms with van der Waals surface area (Å²) in [6.07, 6.45) is 0. The van der Waals surface area contributed by atoms with Crippen LogP contribution >= 0.6 is 11.3 Å². The van der Waals surface area contributed by atoms with Gasteiger partial charge in [0.05, 0.1) is 11.0 Å². The largest absolute Gasteiger partial charge is 0.456 e. The number of fused-ring (bicyclic) bond motifs is 9. The molecule has 0 unspecified atom stereocenters. The second-order valence-corrected chi connectivity index (χ2v) is 14.4. The summed E-state index contributed by atoms with van der Waals surface area (Å²) < 4.78 is 11.7. The van der Waals surface area contributed by atoms with Crippen LogP contribution in [0.1, 0.15) is 0 Å². The lowest BCUT2D eigenvalue weighted by Crippen LogP contribution is -2.09. The van der Waals surface area contributed by atoms with Gasteiger partial charge < -0.3 is 13.9 Å². The molecule has 3 aromatic heterocycles. The Morgan fingerprint density at radius 2 is 1.04 bits per heavy atom. The van der Waals surface area contributed by atoms with Gasteiger partial charge in [-0.1, -0.05) is 97.1 Å². The van der Waals surface area contributed by atoms with Crippen molar-refractivity contribution >= 4 is 92.3 Å². The van der Waals surface area contributed by atoms with E-state index in [1.807, 2.05) is 11.3 Å². The first-order valence-corrected chi connectivity index (χ1v) is 18.4. The van der Waals surface area contributed by atoms with Crippen LogP contribution in [-0.4, -0.2) is 4.57 Å². The predicted octanol–water partition coefficient (Wildman–Crippen LogP) is 14.2. The molecule has 0 atom stereocenters. The number of hydrogen-bond acceptors (Lipinski definition) is 3. The van der Waals surface area contributed by atoms with Gasteiger partial charge in [0.15, 0.2) is 0 Å². The topological polar surface area (TPSA) is 21.3 Å². The van der Waals surface area contributed by atoms with E-state index < -0.39 is 0 Å². The molecule has 11 rings (SSSR count). The van der Waals surface area contributed by atoms with Gasteiger partial charge in [-0.15, -0.1) is 11.3 Å². The average molecular weight is 683 g/mol. The van der Waals surface area contributed by atoms with Crippen molar-refractivity contribution in [1.29, 1.82) is 0 Å². The second kappa shape index (κ2) is 11.5. The summed E-state index contributed by atoms with van der Waals surface area (Å²) in [5.41, 5.74) is 10.9. The Morgan fingerprint density at radius 1 is 0.423 bits per heavy atom. The number of furan rings is 1. The summed E-state index contributed by atoms with van der Waals surface area (Å²) in [5.74, 6) is 0. The van der Waals surface area contributed by atoms with E-state index in [9.17, 15) is 0 Å². The van der Waals surface area contributed by atoms with Crippen LogP contribution in [0.25, 0.3) is 80.7 Å². The van der Waals surface area contributed by atoms with Crippen LogP contribution in [0.4, 0.5) is 17.1 Å². The highest BCUT2D eigenvalue weighted by Gasteiger charge is 2.23. The fourth-order valence-corrected chi connectivity index (χ4v) is 9.22. The average Bonchev–Trinajstić information content (AvgIpc) is 3.87. The van der Waals surface area contributed by atoms with Gasteiger partial charge in [0.2, 0.25) is 0 Å². The van der Waals surface area contributed by atoms with Crippen molar-refractivity contribution in [2.24, 2.45) is 0 Å². The zero-order valence-corrected chi connectivity index (χ0v) is 28.8. The third-order valence-corrected chi connectivity index (χ3v) is 11.5.